The summed E-state index contributed by atoms with van der Waals surface area (Å²) in [5.41, 5.74) is 0.908. The summed E-state index contributed by atoms with van der Waals surface area (Å²) in [6.45, 7) is 8.11. The Kier molecular flexibility index (Phi) is 6.19. The van der Waals surface area contributed by atoms with E-state index in [4.69, 9.17) is 0 Å². The summed E-state index contributed by atoms with van der Waals surface area (Å²) in [4.78, 5) is 7.73. The molecule has 0 aromatic rings. The normalized spacial score (nSPS) is 13.1. The fourth-order valence-electron chi connectivity index (χ4n) is 0.463. The van der Waals surface area contributed by atoms with Crippen LogP contribution in [0.5, 0.6) is 0 Å². The molecule has 0 fully saturated rings. The molecule has 0 aromatic heterocycles. The van der Waals surface area contributed by atoms with E-state index >= 15 is 0 Å². The van der Waals surface area contributed by atoms with Crippen molar-refractivity contribution >= 4 is 12.9 Å². The first-order valence-corrected chi connectivity index (χ1v) is 3.61. The van der Waals surface area contributed by atoms with Gasteiger partial charge in [0.15, 0.2) is 0 Å². The first kappa shape index (κ1) is 9.82. The van der Waals surface area contributed by atoms with Gasteiger partial charge in [0.25, 0.3) is 0 Å². The van der Waals surface area contributed by atoms with Crippen LogP contribution in [0.3, 0.4) is 0 Å². The fraction of sp³-hybridized carbons (Fsp3) is 0.333. The van der Waals surface area contributed by atoms with Crippen LogP contribution in [0.4, 0.5) is 0 Å². The Balaban J connectivity index is 3.76. The second-order valence-corrected chi connectivity index (χ2v) is 2.00. The van der Waals surface area contributed by atoms with Crippen LogP contribution in [-0.4, -0.2) is 19.5 Å². The van der Waals surface area contributed by atoms with E-state index in [-0.39, 0.29) is 0 Å². The summed E-state index contributed by atoms with van der Waals surface area (Å²) < 4.78 is 0. The lowest BCUT2D eigenvalue weighted by Crippen LogP contribution is -1.68. The van der Waals surface area contributed by atoms with Gasteiger partial charge in [-0.1, -0.05) is 6.08 Å². The van der Waals surface area contributed by atoms with Crippen molar-refractivity contribution in [1.82, 2.24) is 0 Å². The first-order chi connectivity index (χ1) is 5.31. The molecule has 0 aliphatic rings. The third-order valence-corrected chi connectivity index (χ3v) is 1.07. The Morgan fingerprint density at radius 1 is 1.45 bits per heavy atom. The molecular formula is C9H14N2. The maximum Gasteiger partial charge on any atom is 0.0365 e. The third-order valence-electron chi connectivity index (χ3n) is 1.07. The van der Waals surface area contributed by atoms with E-state index < -0.39 is 0 Å². The predicted molar refractivity (Wildman–Crippen MR) is 51.5 cm³/mol. The molecule has 0 bridgehead atoms. The summed E-state index contributed by atoms with van der Waals surface area (Å²) in [7, 11) is 0. The topological polar surface area (TPSA) is 24.7 Å². The van der Waals surface area contributed by atoms with Crippen molar-refractivity contribution in [3.63, 3.8) is 0 Å². The molecular weight excluding hydrogens is 136 g/mol. The van der Waals surface area contributed by atoms with Crippen molar-refractivity contribution in [2.75, 3.05) is 6.54 Å². The lowest BCUT2D eigenvalue weighted by Gasteiger charge is -1.82. The highest BCUT2D eigenvalue weighted by atomic mass is 14.7. The molecule has 0 amide bonds. The molecule has 0 aliphatic heterocycles. The lowest BCUT2D eigenvalue weighted by atomic mass is 10.4. The van der Waals surface area contributed by atoms with Gasteiger partial charge in [-0.25, -0.2) is 0 Å². The minimum absolute atomic E-state index is 0.826. The average Bonchev–Trinajstić information content (AvgIpc) is 2.04. The number of aliphatic imine (C=N–C) groups is 2. The average molecular weight is 150 g/mol. The van der Waals surface area contributed by atoms with Crippen LogP contribution < -0.4 is 0 Å². The van der Waals surface area contributed by atoms with Crippen molar-refractivity contribution in [1.29, 1.82) is 0 Å². The van der Waals surface area contributed by atoms with Crippen LogP contribution in [-0.2, 0) is 0 Å². The lowest BCUT2D eigenvalue weighted by molar-refractivity contribution is 1.14. The van der Waals surface area contributed by atoms with Crippen molar-refractivity contribution in [3.8, 4) is 0 Å². The Morgan fingerprint density at radius 2 is 2.18 bits per heavy atom. The molecule has 2 nitrogen and oxygen atoms in total. The fourth-order valence-corrected chi connectivity index (χ4v) is 0.463. The van der Waals surface area contributed by atoms with Gasteiger partial charge in [0, 0.05) is 18.5 Å². The van der Waals surface area contributed by atoms with Crippen LogP contribution in [0, 0.1) is 0 Å². The van der Waals surface area contributed by atoms with E-state index in [9.17, 15) is 0 Å². The summed E-state index contributed by atoms with van der Waals surface area (Å²) >= 11 is 0. The standard InChI is InChI=1S/C9H14N2/c1-4-11-8-6-5-7-9(2)10-3/h5-8H,3-4H2,1-2H3/b6-5-,9-7+,11-8?. The molecule has 0 aliphatic carbocycles. The molecule has 2 heteroatoms. The van der Waals surface area contributed by atoms with Crippen molar-refractivity contribution in [2.24, 2.45) is 9.98 Å². The van der Waals surface area contributed by atoms with Crippen LogP contribution in [0.2, 0.25) is 0 Å². The Hall–Kier alpha value is -1.18. The zero-order valence-corrected chi connectivity index (χ0v) is 7.12. The molecule has 0 spiro atoms. The van der Waals surface area contributed by atoms with E-state index in [1.54, 1.807) is 6.21 Å². The monoisotopic (exact) mass is 150 g/mol. The van der Waals surface area contributed by atoms with E-state index in [0.717, 1.165) is 12.2 Å². The van der Waals surface area contributed by atoms with E-state index in [1.807, 2.05) is 32.1 Å². The summed E-state index contributed by atoms with van der Waals surface area (Å²) in [6.07, 6.45) is 7.42. The highest BCUT2D eigenvalue weighted by Gasteiger charge is 1.72. The SMILES string of the molecule is C=N/C(C)=C/C=C\C=NCC. The maximum atomic E-state index is 4.01. The van der Waals surface area contributed by atoms with Gasteiger partial charge in [-0.05, 0) is 32.7 Å². The summed E-state index contributed by atoms with van der Waals surface area (Å²) in [6, 6.07) is 0. The van der Waals surface area contributed by atoms with Gasteiger partial charge in [-0.3, -0.25) is 9.98 Å². The first-order valence-electron chi connectivity index (χ1n) is 3.61. The van der Waals surface area contributed by atoms with Crippen molar-refractivity contribution in [2.45, 2.75) is 13.8 Å². The van der Waals surface area contributed by atoms with Gasteiger partial charge in [0.1, 0.15) is 0 Å². The Morgan fingerprint density at radius 3 is 2.73 bits per heavy atom. The minimum Gasteiger partial charge on any atom is -0.293 e. The molecule has 0 atom stereocenters. The van der Waals surface area contributed by atoms with Gasteiger partial charge >= 0.3 is 0 Å². The molecule has 0 saturated carbocycles. The predicted octanol–water partition coefficient (Wildman–Crippen LogP) is 2.24. The highest BCUT2D eigenvalue weighted by Crippen LogP contribution is 1.91. The Labute approximate surface area is 68.1 Å². The molecule has 0 aromatic carbocycles. The van der Waals surface area contributed by atoms with Crippen LogP contribution in [0.15, 0.2) is 33.9 Å². The highest BCUT2D eigenvalue weighted by molar-refractivity contribution is 5.71. The van der Waals surface area contributed by atoms with Gasteiger partial charge in [-0.2, -0.15) is 0 Å². The molecule has 0 saturated heterocycles. The second-order valence-electron chi connectivity index (χ2n) is 2.00. The molecule has 0 radical (unpaired) electrons. The van der Waals surface area contributed by atoms with Crippen LogP contribution in [0.1, 0.15) is 13.8 Å². The quantitative estimate of drug-likeness (QED) is 0.433. The zero-order valence-electron chi connectivity index (χ0n) is 7.12. The smallest absolute Gasteiger partial charge is 0.0365 e. The molecule has 0 heterocycles. The molecule has 60 valence electrons. The van der Waals surface area contributed by atoms with E-state index in [0.29, 0.717) is 0 Å². The molecule has 0 N–H and O–H groups in total. The zero-order chi connectivity index (χ0) is 8.53. The number of hydrogen-bond donors (Lipinski definition) is 0. The third kappa shape index (κ3) is 6.71. The van der Waals surface area contributed by atoms with E-state index in [2.05, 4.69) is 16.7 Å². The van der Waals surface area contributed by atoms with Gasteiger partial charge in [0.05, 0.1) is 0 Å². The van der Waals surface area contributed by atoms with Crippen LogP contribution >= 0.6 is 0 Å². The largest absolute Gasteiger partial charge is 0.293 e. The second kappa shape index (κ2) is 6.93. The molecule has 0 unspecified atom stereocenters. The number of allylic oxidation sites excluding steroid dienone is 4. The number of hydrogen-bond acceptors (Lipinski definition) is 2. The summed E-state index contributed by atoms with van der Waals surface area (Å²) in [5, 5.41) is 0. The number of nitrogens with zero attached hydrogens (tertiary/aromatic N) is 2. The van der Waals surface area contributed by atoms with Crippen LogP contribution in [0.25, 0.3) is 0 Å². The molecule has 0 rings (SSSR count). The van der Waals surface area contributed by atoms with Gasteiger partial charge in [0.2, 0.25) is 0 Å². The van der Waals surface area contributed by atoms with E-state index in [1.165, 1.54) is 0 Å². The maximum absolute atomic E-state index is 4.01. The Bertz CT molecular complexity index is 188. The number of rotatable bonds is 4. The molecule has 11 heavy (non-hydrogen) atoms. The summed E-state index contributed by atoms with van der Waals surface area (Å²) in [5.74, 6) is 0. The van der Waals surface area contributed by atoms with Gasteiger partial charge < -0.3 is 0 Å². The van der Waals surface area contributed by atoms with Gasteiger partial charge in [-0.15, -0.1) is 0 Å². The minimum atomic E-state index is 0.826. The van der Waals surface area contributed by atoms with Crippen molar-refractivity contribution in [3.05, 3.63) is 23.9 Å². The van der Waals surface area contributed by atoms with Crippen molar-refractivity contribution < 1.29 is 0 Å².